The number of carbonyl (C=O) groups excluding carboxylic acids is 1. The Morgan fingerprint density at radius 1 is 0.679 bits per heavy atom. The predicted octanol–water partition coefficient (Wildman–Crippen LogP) is 4.73. The molecule has 0 aliphatic rings. The summed E-state index contributed by atoms with van der Waals surface area (Å²) in [5.74, 6) is 0.0109. The first kappa shape index (κ1) is 19.8. The fourth-order valence-corrected chi connectivity index (χ4v) is 3.23. The third-order valence-electron chi connectivity index (χ3n) is 4.77. The molecular weight excluding hydrogens is 344 g/mol. The van der Waals surface area contributed by atoms with Crippen LogP contribution in [0.15, 0.2) is 84.9 Å². The molecule has 0 spiro atoms. The lowest BCUT2D eigenvalue weighted by atomic mass is 10.1. The van der Waals surface area contributed by atoms with Gasteiger partial charge in [0, 0.05) is 25.2 Å². The first-order valence-corrected chi connectivity index (χ1v) is 9.97. The highest BCUT2D eigenvalue weighted by molar-refractivity contribution is 5.95. The van der Waals surface area contributed by atoms with Crippen molar-refractivity contribution >= 4 is 5.91 Å². The summed E-state index contributed by atoms with van der Waals surface area (Å²) in [6, 6.07) is 28.6. The molecule has 3 heteroatoms. The number of benzene rings is 3. The molecule has 0 atom stereocenters. The largest absolute Gasteiger partial charge is 0.352 e. The second-order valence-electron chi connectivity index (χ2n) is 6.94. The molecule has 2 N–H and O–H groups in total. The van der Waals surface area contributed by atoms with E-state index in [0.29, 0.717) is 13.1 Å². The van der Waals surface area contributed by atoms with Gasteiger partial charge in [0.25, 0.3) is 5.91 Å². The minimum absolute atomic E-state index is 0.0109. The van der Waals surface area contributed by atoms with Crippen molar-refractivity contribution in [2.75, 3.05) is 6.54 Å². The summed E-state index contributed by atoms with van der Waals surface area (Å²) in [7, 11) is 0. The Kier molecular flexibility index (Phi) is 7.83. The van der Waals surface area contributed by atoms with Crippen LogP contribution >= 0.6 is 0 Å². The van der Waals surface area contributed by atoms with Crippen LogP contribution in [0.4, 0.5) is 0 Å². The van der Waals surface area contributed by atoms with E-state index in [2.05, 4.69) is 47.0 Å². The SMILES string of the molecule is O=C(NCCCCc1ccccc1)c1ccccc1CNCc1ccccc1. The van der Waals surface area contributed by atoms with Crippen LogP contribution < -0.4 is 10.6 Å². The van der Waals surface area contributed by atoms with Crippen molar-refractivity contribution < 1.29 is 4.79 Å². The molecule has 0 radical (unpaired) electrons. The number of hydrogen-bond donors (Lipinski definition) is 2. The summed E-state index contributed by atoms with van der Waals surface area (Å²) < 4.78 is 0. The summed E-state index contributed by atoms with van der Waals surface area (Å²) >= 11 is 0. The average Bonchev–Trinajstić information content (AvgIpc) is 2.75. The Balaban J connectivity index is 1.43. The summed E-state index contributed by atoms with van der Waals surface area (Å²) in [5.41, 5.74) is 4.37. The van der Waals surface area contributed by atoms with Gasteiger partial charge in [-0.2, -0.15) is 0 Å². The molecule has 0 heterocycles. The molecular formula is C25H28N2O. The fraction of sp³-hybridized carbons (Fsp3) is 0.240. The lowest BCUT2D eigenvalue weighted by Crippen LogP contribution is -2.26. The topological polar surface area (TPSA) is 41.1 Å². The second-order valence-corrected chi connectivity index (χ2v) is 6.94. The van der Waals surface area contributed by atoms with Gasteiger partial charge in [0.15, 0.2) is 0 Å². The Bertz CT molecular complexity index is 847. The number of nitrogens with one attached hydrogen (secondary N) is 2. The third-order valence-corrected chi connectivity index (χ3v) is 4.77. The van der Waals surface area contributed by atoms with E-state index in [1.807, 2.05) is 48.5 Å². The van der Waals surface area contributed by atoms with Crippen molar-refractivity contribution in [2.24, 2.45) is 0 Å². The van der Waals surface area contributed by atoms with Crippen LogP contribution in [0.1, 0.15) is 39.9 Å². The zero-order valence-corrected chi connectivity index (χ0v) is 16.2. The number of carbonyl (C=O) groups is 1. The minimum Gasteiger partial charge on any atom is -0.352 e. The van der Waals surface area contributed by atoms with Gasteiger partial charge in [0.05, 0.1) is 0 Å². The van der Waals surface area contributed by atoms with Crippen molar-refractivity contribution in [3.05, 3.63) is 107 Å². The van der Waals surface area contributed by atoms with Crippen molar-refractivity contribution in [1.82, 2.24) is 10.6 Å². The summed E-state index contributed by atoms with van der Waals surface area (Å²) in [4.78, 5) is 12.6. The van der Waals surface area contributed by atoms with Crippen molar-refractivity contribution in [1.29, 1.82) is 0 Å². The minimum atomic E-state index is 0.0109. The number of hydrogen-bond acceptors (Lipinski definition) is 2. The normalized spacial score (nSPS) is 10.6. The van der Waals surface area contributed by atoms with Crippen LogP contribution in [0.3, 0.4) is 0 Å². The van der Waals surface area contributed by atoms with Gasteiger partial charge in [-0.3, -0.25) is 4.79 Å². The highest BCUT2D eigenvalue weighted by Crippen LogP contribution is 2.10. The number of unbranched alkanes of at least 4 members (excludes halogenated alkanes) is 1. The molecule has 3 aromatic rings. The quantitative estimate of drug-likeness (QED) is 0.505. The molecule has 3 rings (SSSR count). The lowest BCUT2D eigenvalue weighted by molar-refractivity contribution is 0.0952. The molecule has 0 bridgehead atoms. The number of amides is 1. The van der Waals surface area contributed by atoms with Crippen molar-refractivity contribution in [3.8, 4) is 0 Å². The van der Waals surface area contributed by atoms with E-state index in [1.54, 1.807) is 0 Å². The van der Waals surface area contributed by atoms with Crippen LogP contribution in [-0.4, -0.2) is 12.5 Å². The third kappa shape index (κ3) is 6.36. The van der Waals surface area contributed by atoms with Gasteiger partial charge in [-0.25, -0.2) is 0 Å². The standard InChI is InChI=1S/C25H28N2O/c28-25(27-18-10-9-13-21-11-3-1-4-12-21)24-17-8-7-16-23(24)20-26-19-22-14-5-2-6-15-22/h1-8,11-12,14-17,26H,9-10,13,18-20H2,(H,27,28). The van der Waals surface area contributed by atoms with Crippen molar-refractivity contribution in [3.63, 3.8) is 0 Å². The highest BCUT2D eigenvalue weighted by atomic mass is 16.1. The molecule has 3 aromatic carbocycles. The highest BCUT2D eigenvalue weighted by Gasteiger charge is 2.10. The molecule has 144 valence electrons. The van der Waals surface area contributed by atoms with Crippen LogP contribution in [0.25, 0.3) is 0 Å². The van der Waals surface area contributed by atoms with E-state index < -0.39 is 0 Å². The molecule has 1 amide bonds. The summed E-state index contributed by atoms with van der Waals surface area (Å²) in [5, 5.41) is 6.49. The van der Waals surface area contributed by atoms with Gasteiger partial charge in [-0.1, -0.05) is 78.9 Å². The molecule has 0 aliphatic heterocycles. The average molecular weight is 373 g/mol. The Hall–Kier alpha value is -2.91. The summed E-state index contributed by atoms with van der Waals surface area (Å²) in [6.07, 6.45) is 3.11. The van der Waals surface area contributed by atoms with Gasteiger partial charge in [0.1, 0.15) is 0 Å². The molecule has 0 aliphatic carbocycles. The van der Waals surface area contributed by atoms with Gasteiger partial charge in [-0.05, 0) is 42.0 Å². The maximum atomic E-state index is 12.6. The first-order chi connectivity index (χ1) is 13.8. The lowest BCUT2D eigenvalue weighted by Gasteiger charge is -2.11. The molecule has 0 saturated carbocycles. The van der Waals surface area contributed by atoms with E-state index in [1.165, 1.54) is 11.1 Å². The zero-order chi connectivity index (χ0) is 19.4. The Morgan fingerprint density at radius 2 is 1.32 bits per heavy atom. The van der Waals surface area contributed by atoms with E-state index in [4.69, 9.17) is 0 Å². The van der Waals surface area contributed by atoms with Crippen molar-refractivity contribution in [2.45, 2.75) is 32.4 Å². The maximum Gasteiger partial charge on any atom is 0.251 e. The molecule has 0 fully saturated rings. The Morgan fingerprint density at radius 3 is 2.07 bits per heavy atom. The number of aryl methyl sites for hydroxylation is 1. The predicted molar refractivity (Wildman–Crippen MR) is 115 cm³/mol. The van der Waals surface area contributed by atoms with Crippen LogP contribution in [0.5, 0.6) is 0 Å². The molecule has 0 unspecified atom stereocenters. The van der Waals surface area contributed by atoms with E-state index in [0.717, 1.165) is 36.9 Å². The molecule has 0 saturated heterocycles. The molecule has 0 aromatic heterocycles. The van der Waals surface area contributed by atoms with Crippen LogP contribution in [-0.2, 0) is 19.5 Å². The Labute approximate surface area is 167 Å². The van der Waals surface area contributed by atoms with Gasteiger partial charge in [-0.15, -0.1) is 0 Å². The van der Waals surface area contributed by atoms with Gasteiger partial charge < -0.3 is 10.6 Å². The zero-order valence-electron chi connectivity index (χ0n) is 16.2. The van der Waals surface area contributed by atoms with Gasteiger partial charge >= 0.3 is 0 Å². The van der Waals surface area contributed by atoms with E-state index in [9.17, 15) is 4.79 Å². The molecule has 3 nitrogen and oxygen atoms in total. The number of rotatable bonds is 10. The maximum absolute atomic E-state index is 12.6. The van der Waals surface area contributed by atoms with E-state index in [-0.39, 0.29) is 5.91 Å². The first-order valence-electron chi connectivity index (χ1n) is 9.97. The van der Waals surface area contributed by atoms with Crippen LogP contribution in [0, 0.1) is 0 Å². The second kappa shape index (κ2) is 11.1. The monoisotopic (exact) mass is 372 g/mol. The van der Waals surface area contributed by atoms with E-state index >= 15 is 0 Å². The van der Waals surface area contributed by atoms with Crippen LogP contribution in [0.2, 0.25) is 0 Å². The van der Waals surface area contributed by atoms with Gasteiger partial charge in [0.2, 0.25) is 0 Å². The molecule has 28 heavy (non-hydrogen) atoms. The summed E-state index contributed by atoms with van der Waals surface area (Å²) in [6.45, 7) is 2.17. The fourth-order valence-electron chi connectivity index (χ4n) is 3.23. The smallest absolute Gasteiger partial charge is 0.251 e.